The molecule has 1 rings (SSSR count). The Kier molecular flexibility index (Phi) is 6.53. The predicted octanol–water partition coefficient (Wildman–Crippen LogP) is 0.784. The van der Waals surface area contributed by atoms with Crippen LogP contribution in [-0.2, 0) is 20.7 Å². The average molecular weight is 276 g/mol. The summed E-state index contributed by atoms with van der Waals surface area (Å²) in [5, 5.41) is 4.38. The van der Waals surface area contributed by atoms with Gasteiger partial charge in [-0.05, 0) is 5.56 Å². The molecule has 0 heterocycles. The van der Waals surface area contributed by atoms with Gasteiger partial charge in [0.2, 0.25) is 0 Å². The first kappa shape index (κ1) is 15.4. The van der Waals surface area contributed by atoms with Crippen LogP contribution in [0.1, 0.15) is 5.56 Å². The first-order valence-corrected chi connectivity index (χ1v) is 6.00. The van der Waals surface area contributed by atoms with Gasteiger partial charge < -0.3 is 10.1 Å². The lowest BCUT2D eigenvalue weighted by Gasteiger charge is -2.06. The van der Waals surface area contributed by atoms with E-state index in [1.807, 2.05) is 11.4 Å². The average Bonchev–Trinajstić information content (AvgIpc) is 2.44. The van der Waals surface area contributed by atoms with Crippen LogP contribution < -0.4 is 10.6 Å². The van der Waals surface area contributed by atoms with Crippen LogP contribution in [0.15, 0.2) is 43.0 Å². The number of amides is 3. The van der Waals surface area contributed by atoms with E-state index in [4.69, 9.17) is 4.74 Å². The van der Waals surface area contributed by atoms with Gasteiger partial charge in [-0.3, -0.25) is 14.9 Å². The summed E-state index contributed by atoms with van der Waals surface area (Å²) in [5.41, 5.74) is 0.793. The van der Waals surface area contributed by atoms with Crippen molar-refractivity contribution in [2.24, 2.45) is 0 Å². The third-order valence-corrected chi connectivity index (χ3v) is 2.22. The Bertz CT molecular complexity index is 485. The van der Waals surface area contributed by atoms with E-state index in [1.54, 1.807) is 24.3 Å². The Labute approximate surface area is 116 Å². The molecule has 0 aliphatic rings. The molecule has 6 heteroatoms. The molecule has 0 saturated carbocycles. The van der Waals surface area contributed by atoms with E-state index in [0.717, 1.165) is 5.56 Å². The molecular formula is C14H16N2O4. The standard InChI is InChI=1S/C14H16N2O4/c1-2-8-15-14(19)16-12(17)10-20-13(18)9-11-6-4-3-5-7-11/h2-7H,1,8-10H2,(H2,15,16,17,19). The fraction of sp³-hybridized carbons (Fsp3) is 0.214. The number of rotatable bonds is 6. The van der Waals surface area contributed by atoms with Gasteiger partial charge in [0.15, 0.2) is 6.61 Å². The van der Waals surface area contributed by atoms with Crippen LogP contribution in [0, 0.1) is 0 Å². The molecule has 0 fully saturated rings. The number of nitrogens with one attached hydrogen (secondary N) is 2. The molecule has 1 aromatic carbocycles. The molecule has 6 nitrogen and oxygen atoms in total. The highest BCUT2D eigenvalue weighted by Gasteiger charge is 2.10. The topological polar surface area (TPSA) is 84.5 Å². The largest absolute Gasteiger partial charge is 0.455 e. The molecule has 2 N–H and O–H groups in total. The molecule has 0 bridgehead atoms. The molecule has 0 radical (unpaired) electrons. The molecular weight excluding hydrogens is 260 g/mol. The number of carbonyl (C=O) groups is 3. The van der Waals surface area contributed by atoms with Crippen molar-refractivity contribution in [3.63, 3.8) is 0 Å². The van der Waals surface area contributed by atoms with Crippen LogP contribution in [0.5, 0.6) is 0 Å². The van der Waals surface area contributed by atoms with E-state index in [-0.39, 0.29) is 13.0 Å². The maximum Gasteiger partial charge on any atom is 0.321 e. The van der Waals surface area contributed by atoms with Gasteiger partial charge in [-0.25, -0.2) is 4.79 Å². The van der Waals surface area contributed by atoms with Crippen LogP contribution >= 0.6 is 0 Å². The van der Waals surface area contributed by atoms with Crippen LogP contribution in [0.4, 0.5) is 4.79 Å². The third kappa shape index (κ3) is 6.34. The molecule has 3 amide bonds. The van der Waals surface area contributed by atoms with Crippen molar-refractivity contribution in [2.75, 3.05) is 13.2 Å². The highest BCUT2D eigenvalue weighted by atomic mass is 16.5. The summed E-state index contributed by atoms with van der Waals surface area (Å²) in [6.45, 7) is 3.16. The predicted molar refractivity (Wildman–Crippen MR) is 72.8 cm³/mol. The molecule has 0 atom stereocenters. The summed E-state index contributed by atoms with van der Waals surface area (Å²) in [6.07, 6.45) is 1.56. The van der Waals surface area contributed by atoms with Gasteiger partial charge in [0.25, 0.3) is 5.91 Å². The molecule has 0 aromatic heterocycles. The summed E-state index contributed by atoms with van der Waals surface area (Å²) >= 11 is 0. The molecule has 0 aliphatic carbocycles. The van der Waals surface area contributed by atoms with Crippen LogP contribution in [0.2, 0.25) is 0 Å². The number of benzene rings is 1. The zero-order chi connectivity index (χ0) is 14.8. The van der Waals surface area contributed by atoms with E-state index < -0.39 is 24.5 Å². The molecule has 0 unspecified atom stereocenters. The number of esters is 1. The Morgan fingerprint density at radius 2 is 1.90 bits per heavy atom. The van der Waals surface area contributed by atoms with Crippen molar-refractivity contribution in [1.82, 2.24) is 10.6 Å². The lowest BCUT2D eigenvalue weighted by Crippen LogP contribution is -2.41. The van der Waals surface area contributed by atoms with Crippen LogP contribution in [-0.4, -0.2) is 31.1 Å². The van der Waals surface area contributed by atoms with Gasteiger partial charge in [0.1, 0.15) is 0 Å². The Morgan fingerprint density at radius 1 is 1.20 bits per heavy atom. The quantitative estimate of drug-likeness (QED) is 0.594. The number of ether oxygens (including phenoxy) is 1. The highest BCUT2D eigenvalue weighted by Crippen LogP contribution is 2.00. The van der Waals surface area contributed by atoms with E-state index in [0.29, 0.717) is 0 Å². The van der Waals surface area contributed by atoms with Gasteiger partial charge in [-0.15, -0.1) is 6.58 Å². The van der Waals surface area contributed by atoms with E-state index in [9.17, 15) is 14.4 Å². The summed E-state index contributed by atoms with van der Waals surface area (Å²) in [5.74, 6) is -1.22. The van der Waals surface area contributed by atoms with Gasteiger partial charge in [0.05, 0.1) is 6.42 Å². The lowest BCUT2D eigenvalue weighted by molar-refractivity contribution is -0.147. The Hall–Kier alpha value is -2.63. The summed E-state index contributed by atoms with van der Waals surface area (Å²) < 4.78 is 4.76. The van der Waals surface area contributed by atoms with Gasteiger partial charge >= 0.3 is 12.0 Å². The van der Waals surface area contributed by atoms with Crippen LogP contribution in [0.3, 0.4) is 0 Å². The first-order chi connectivity index (χ1) is 9.61. The number of carbonyl (C=O) groups excluding carboxylic acids is 3. The maximum atomic E-state index is 11.5. The minimum absolute atomic E-state index is 0.0801. The van der Waals surface area contributed by atoms with Gasteiger partial charge in [-0.1, -0.05) is 36.4 Å². The SMILES string of the molecule is C=CCNC(=O)NC(=O)COC(=O)Cc1ccccc1. The normalized spacial score (nSPS) is 9.40. The Morgan fingerprint density at radius 3 is 2.55 bits per heavy atom. The lowest BCUT2D eigenvalue weighted by atomic mass is 10.2. The summed E-state index contributed by atoms with van der Waals surface area (Å²) in [7, 11) is 0. The van der Waals surface area contributed by atoms with Crippen LogP contribution in [0.25, 0.3) is 0 Å². The summed E-state index contributed by atoms with van der Waals surface area (Å²) in [4.78, 5) is 33.9. The Balaban J connectivity index is 2.25. The van der Waals surface area contributed by atoms with E-state index >= 15 is 0 Å². The molecule has 106 valence electrons. The zero-order valence-electron chi connectivity index (χ0n) is 10.9. The van der Waals surface area contributed by atoms with E-state index in [2.05, 4.69) is 11.9 Å². The second-order valence-electron chi connectivity index (χ2n) is 3.87. The fourth-order valence-corrected chi connectivity index (χ4v) is 1.33. The minimum atomic E-state index is -0.687. The monoisotopic (exact) mass is 276 g/mol. The zero-order valence-corrected chi connectivity index (χ0v) is 10.9. The third-order valence-electron chi connectivity index (χ3n) is 2.22. The van der Waals surface area contributed by atoms with Crippen molar-refractivity contribution >= 4 is 17.9 Å². The molecule has 0 aliphatic heterocycles. The minimum Gasteiger partial charge on any atom is -0.455 e. The summed E-state index contributed by atoms with van der Waals surface area (Å²) in [6, 6.07) is 8.35. The number of imide groups is 1. The van der Waals surface area contributed by atoms with Crippen molar-refractivity contribution in [3.05, 3.63) is 48.6 Å². The second kappa shape index (κ2) is 8.47. The van der Waals surface area contributed by atoms with Gasteiger partial charge in [-0.2, -0.15) is 0 Å². The van der Waals surface area contributed by atoms with Gasteiger partial charge in [0, 0.05) is 6.54 Å². The number of hydrogen-bond donors (Lipinski definition) is 2. The first-order valence-electron chi connectivity index (χ1n) is 6.00. The molecule has 20 heavy (non-hydrogen) atoms. The number of urea groups is 1. The van der Waals surface area contributed by atoms with Crippen molar-refractivity contribution < 1.29 is 19.1 Å². The highest BCUT2D eigenvalue weighted by molar-refractivity contribution is 5.95. The smallest absolute Gasteiger partial charge is 0.321 e. The van der Waals surface area contributed by atoms with Crippen molar-refractivity contribution in [2.45, 2.75) is 6.42 Å². The van der Waals surface area contributed by atoms with Crippen molar-refractivity contribution in [3.8, 4) is 0 Å². The van der Waals surface area contributed by atoms with E-state index in [1.165, 1.54) is 6.08 Å². The molecule has 1 aromatic rings. The second-order valence-corrected chi connectivity index (χ2v) is 3.87. The molecule has 0 saturated heterocycles. The fourth-order valence-electron chi connectivity index (χ4n) is 1.33. The maximum absolute atomic E-state index is 11.5. The molecule has 0 spiro atoms. The van der Waals surface area contributed by atoms with Crippen molar-refractivity contribution in [1.29, 1.82) is 0 Å². The number of hydrogen-bond acceptors (Lipinski definition) is 4.